The Balaban J connectivity index is 2.16. The molecule has 0 aliphatic rings. The first-order valence-electron chi connectivity index (χ1n) is 7.61. The minimum atomic E-state index is -0.660. The number of nitrogens with one attached hydrogen (secondary N) is 1. The first-order chi connectivity index (χ1) is 11.0. The summed E-state index contributed by atoms with van der Waals surface area (Å²) in [5, 5.41) is 0.675. The zero-order valence-corrected chi connectivity index (χ0v) is 13.7. The molecule has 0 radical (unpaired) electrons. The van der Waals surface area contributed by atoms with Crippen molar-refractivity contribution >= 4 is 28.5 Å². The minimum absolute atomic E-state index is 0.264. The SMILES string of the molecule is CCCCCCOC(=O)Cn1c(=O)[nH]c(=O)c2ccc(Cl)cc21. The van der Waals surface area contributed by atoms with Crippen molar-refractivity contribution in [3.8, 4) is 0 Å². The molecule has 0 saturated heterocycles. The Hall–Kier alpha value is -2.08. The number of ether oxygens (including phenoxy) is 1. The molecular formula is C16H19ClN2O4. The first-order valence-corrected chi connectivity index (χ1v) is 7.98. The molecule has 0 aliphatic carbocycles. The van der Waals surface area contributed by atoms with Crippen molar-refractivity contribution < 1.29 is 9.53 Å². The van der Waals surface area contributed by atoms with Crippen LogP contribution in [0.25, 0.3) is 10.9 Å². The van der Waals surface area contributed by atoms with Gasteiger partial charge >= 0.3 is 11.7 Å². The van der Waals surface area contributed by atoms with Crippen molar-refractivity contribution in [1.29, 1.82) is 0 Å². The number of hydrogen-bond donors (Lipinski definition) is 1. The number of carbonyl (C=O) groups is 1. The Morgan fingerprint density at radius 2 is 2.04 bits per heavy atom. The van der Waals surface area contributed by atoms with E-state index in [4.69, 9.17) is 16.3 Å². The number of aromatic amines is 1. The van der Waals surface area contributed by atoms with Crippen molar-refractivity contribution in [2.75, 3.05) is 6.61 Å². The van der Waals surface area contributed by atoms with Crippen LogP contribution in [0.3, 0.4) is 0 Å². The normalized spacial score (nSPS) is 10.9. The molecule has 0 saturated carbocycles. The maximum atomic E-state index is 12.0. The Bertz CT molecular complexity index is 810. The molecule has 0 unspecified atom stereocenters. The minimum Gasteiger partial charge on any atom is -0.464 e. The van der Waals surface area contributed by atoms with Crippen LogP contribution in [0.2, 0.25) is 5.02 Å². The summed E-state index contributed by atoms with van der Waals surface area (Å²) in [5.41, 5.74) is -0.854. The number of hydrogen-bond acceptors (Lipinski definition) is 4. The molecule has 2 aromatic rings. The standard InChI is InChI=1S/C16H19ClN2O4/c1-2-3-4-5-8-23-14(20)10-19-13-9-11(17)6-7-12(13)15(21)18-16(19)22/h6-7,9H,2-5,8,10H2,1H3,(H,18,21,22). The van der Waals surface area contributed by atoms with E-state index < -0.39 is 17.2 Å². The monoisotopic (exact) mass is 338 g/mol. The third kappa shape index (κ3) is 4.45. The highest BCUT2D eigenvalue weighted by Gasteiger charge is 2.12. The van der Waals surface area contributed by atoms with E-state index in [1.54, 1.807) is 6.07 Å². The molecule has 0 bridgehead atoms. The Labute approximate surface area is 138 Å². The molecule has 1 aromatic carbocycles. The van der Waals surface area contributed by atoms with Gasteiger partial charge in [-0.25, -0.2) is 4.79 Å². The lowest BCUT2D eigenvalue weighted by Crippen LogP contribution is -2.33. The highest BCUT2D eigenvalue weighted by atomic mass is 35.5. The quantitative estimate of drug-likeness (QED) is 0.621. The van der Waals surface area contributed by atoms with Crippen molar-refractivity contribution in [2.45, 2.75) is 39.2 Å². The number of aromatic nitrogens is 2. The zero-order chi connectivity index (χ0) is 16.8. The number of esters is 1. The molecule has 7 heteroatoms. The van der Waals surface area contributed by atoms with Crippen LogP contribution in [0.1, 0.15) is 32.6 Å². The van der Waals surface area contributed by atoms with E-state index in [9.17, 15) is 14.4 Å². The molecule has 6 nitrogen and oxygen atoms in total. The molecule has 0 aliphatic heterocycles. The van der Waals surface area contributed by atoms with Gasteiger partial charge in [0.15, 0.2) is 0 Å². The van der Waals surface area contributed by atoms with Crippen LogP contribution >= 0.6 is 11.6 Å². The van der Waals surface area contributed by atoms with Crippen LogP contribution in [0, 0.1) is 0 Å². The molecule has 1 N–H and O–H groups in total. The predicted molar refractivity (Wildman–Crippen MR) is 88.9 cm³/mol. The van der Waals surface area contributed by atoms with Crippen LogP contribution in [-0.4, -0.2) is 22.1 Å². The van der Waals surface area contributed by atoms with Crippen LogP contribution in [-0.2, 0) is 16.1 Å². The van der Waals surface area contributed by atoms with Gasteiger partial charge in [0.1, 0.15) is 6.54 Å². The van der Waals surface area contributed by atoms with Crippen molar-refractivity contribution in [3.05, 3.63) is 44.1 Å². The smallest absolute Gasteiger partial charge is 0.329 e. The van der Waals surface area contributed by atoms with E-state index in [2.05, 4.69) is 11.9 Å². The maximum Gasteiger partial charge on any atom is 0.329 e. The third-order valence-electron chi connectivity index (χ3n) is 3.51. The van der Waals surface area contributed by atoms with Gasteiger partial charge in [-0.05, 0) is 24.6 Å². The second-order valence-electron chi connectivity index (χ2n) is 5.29. The number of rotatable bonds is 7. The van der Waals surface area contributed by atoms with Gasteiger partial charge in [-0.15, -0.1) is 0 Å². The van der Waals surface area contributed by atoms with E-state index in [0.29, 0.717) is 22.5 Å². The molecule has 23 heavy (non-hydrogen) atoms. The lowest BCUT2D eigenvalue weighted by Gasteiger charge is -2.10. The molecule has 2 rings (SSSR count). The Morgan fingerprint density at radius 1 is 1.26 bits per heavy atom. The largest absolute Gasteiger partial charge is 0.464 e. The van der Waals surface area contributed by atoms with Crippen LogP contribution in [0.15, 0.2) is 27.8 Å². The topological polar surface area (TPSA) is 81.2 Å². The van der Waals surface area contributed by atoms with Gasteiger partial charge in [-0.2, -0.15) is 0 Å². The summed E-state index contributed by atoms with van der Waals surface area (Å²) in [6.07, 6.45) is 4.00. The van der Waals surface area contributed by atoms with Gasteiger partial charge < -0.3 is 4.74 Å². The highest BCUT2D eigenvalue weighted by molar-refractivity contribution is 6.31. The highest BCUT2D eigenvalue weighted by Crippen LogP contribution is 2.15. The summed E-state index contributed by atoms with van der Waals surface area (Å²) in [6, 6.07) is 4.56. The lowest BCUT2D eigenvalue weighted by molar-refractivity contribution is -0.144. The number of nitrogens with zero attached hydrogens (tertiary/aromatic N) is 1. The van der Waals surface area contributed by atoms with E-state index in [0.717, 1.165) is 30.3 Å². The molecule has 0 amide bonds. The van der Waals surface area contributed by atoms with Crippen LogP contribution < -0.4 is 11.2 Å². The maximum absolute atomic E-state index is 12.0. The summed E-state index contributed by atoms with van der Waals surface area (Å²) in [5.74, 6) is -0.517. The van der Waals surface area contributed by atoms with Gasteiger partial charge in [0.05, 0.1) is 17.5 Å². The molecule has 0 fully saturated rings. The summed E-state index contributed by atoms with van der Waals surface area (Å²) < 4.78 is 6.30. The fourth-order valence-electron chi connectivity index (χ4n) is 2.31. The zero-order valence-electron chi connectivity index (χ0n) is 12.9. The van der Waals surface area contributed by atoms with Crippen LogP contribution in [0.5, 0.6) is 0 Å². The second-order valence-corrected chi connectivity index (χ2v) is 5.72. The van der Waals surface area contributed by atoms with Gasteiger partial charge in [0.25, 0.3) is 5.56 Å². The second kappa shape index (κ2) is 7.97. The fraction of sp³-hybridized carbons (Fsp3) is 0.438. The number of fused-ring (bicyclic) bond motifs is 1. The molecular weight excluding hydrogens is 320 g/mol. The summed E-state index contributed by atoms with van der Waals surface area (Å²) in [6.45, 7) is 2.17. The Kier molecular flexibility index (Phi) is 5.98. The van der Waals surface area contributed by atoms with Crippen molar-refractivity contribution in [2.24, 2.45) is 0 Å². The Morgan fingerprint density at radius 3 is 2.78 bits per heavy atom. The number of carbonyl (C=O) groups excluding carboxylic acids is 1. The van der Waals surface area contributed by atoms with Crippen molar-refractivity contribution in [1.82, 2.24) is 9.55 Å². The number of halogens is 1. The summed E-state index contributed by atoms with van der Waals surface area (Å²) >= 11 is 5.92. The summed E-state index contributed by atoms with van der Waals surface area (Å²) in [7, 11) is 0. The average Bonchev–Trinajstić information content (AvgIpc) is 2.51. The molecule has 124 valence electrons. The average molecular weight is 339 g/mol. The van der Waals surface area contributed by atoms with Crippen molar-refractivity contribution in [3.63, 3.8) is 0 Å². The third-order valence-corrected chi connectivity index (χ3v) is 3.74. The molecule has 1 aromatic heterocycles. The fourth-order valence-corrected chi connectivity index (χ4v) is 2.47. The molecule has 0 spiro atoms. The van der Waals surface area contributed by atoms with Gasteiger partial charge in [-0.3, -0.25) is 19.1 Å². The first kappa shape index (κ1) is 17.3. The van der Waals surface area contributed by atoms with E-state index in [-0.39, 0.29) is 6.54 Å². The number of H-pyrrole nitrogens is 1. The number of benzene rings is 1. The van der Waals surface area contributed by atoms with Gasteiger partial charge in [0.2, 0.25) is 0 Å². The van der Waals surface area contributed by atoms with E-state index in [1.165, 1.54) is 12.1 Å². The molecule has 0 atom stereocenters. The van der Waals surface area contributed by atoms with E-state index in [1.807, 2.05) is 0 Å². The number of unbranched alkanes of at least 4 members (excludes halogenated alkanes) is 3. The summed E-state index contributed by atoms with van der Waals surface area (Å²) in [4.78, 5) is 37.9. The van der Waals surface area contributed by atoms with E-state index >= 15 is 0 Å². The van der Waals surface area contributed by atoms with Gasteiger partial charge in [-0.1, -0.05) is 37.8 Å². The van der Waals surface area contributed by atoms with Crippen LogP contribution in [0.4, 0.5) is 0 Å². The lowest BCUT2D eigenvalue weighted by atomic mass is 10.2. The molecule has 1 heterocycles. The predicted octanol–water partition coefficient (Wildman–Crippen LogP) is 2.47. The van der Waals surface area contributed by atoms with Gasteiger partial charge in [0, 0.05) is 5.02 Å².